The number of hydrogen-bond donors (Lipinski definition) is 0. The van der Waals surface area contributed by atoms with Gasteiger partial charge in [0, 0.05) is 0 Å². The summed E-state index contributed by atoms with van der Waals surface area (Å²) in [6.07, 6.45) is 3.86. The summed E-state index contributed by atoms with van der Waals surface area (Å²) in [5, 5.41) is 0.571. The van der Waals surface area contributed by atoms with Crippen LogP contribution in [0.2, 0.25) is 0 Å². The van der Waals surface area contributed by atoms with Gasteiger partial charge >= 0.3 is 0 Å². The van der Waals surface area contributed by atoms with Crippen molar-refractivity contribution in [2.45, 2.75) is 6.92 Å². The zero-order valence-electron chi connectivity index (χ0n) is 15.8. The SMILES string of the molecule is COc1ccccc1-n1c(/C=C\c2ccccc2C)nc2ccccc2c1=O. The van der Waals surface area contributed by atoms with Gasteiger partial charge in [-0.15, -0.1) is 0 Å². The Morgan fingerprint density at radius 2 is 1.61 bits per heavy atom. The Kier molecular flexibility index (Phi) is 4.77. The zero-order chi connectivity index (χ0) is 19.5. The van der Waals surface area contributed by atoms with Crippen LogP contribution >= 0.6 is 0 Å². The van der Waals surface area contributed by atoms with E-state index in [1.165, 1.54) is 0 Å². The van der Waals surface area contributed by atoms with Crippen molar-refractivity contribution >= 4 is 23.1 Å². The fourth-order valence-corrected chi connectivity index (χ4v) is 3.25. The summed E-state index contributed by atoms with van der Waals surface area (Å²) in [5.41, 5.74) is 3.45. The van der Waals surface area contributed by atoms with E-state index in [0.29, 0.717) is 28.2 Å². The second-order valence-corrected chi connectivity index (χ2v) is 6.49. The Balaban J connectivity index is 1.99. The summed E-state index contributed by atoms with van der Waals surface area (Å²) >= 11 is 0. The third kappa shape index (κ3) is 3.21. The monoisotopic (exact) mass is 368 g/mol. The van der Waals surface area contributed by atoms with Crippen molar-refractivity contribution in [3.8, 4) is 11.4 Å². The molecule has 0 saturated heterocycles. The molecule has 4 heteroatoms. The molecule has 138 valence electrons. The molecule has 0 unspecified atom stereocenters. The van der Waals surface area contributed by atoms with Crippen LogP contribution in [0, 0.1) is 6.92 Å². The molecule has 0 aliphatic rings. The molecular weight excluding hydrogens is 348 g/mol. The standard InChI is InChI=1S/C24H20N2O2/c1-17-9-3-4-10-18(17)15-16-23-25-20-12-6-5-11-19(20)24(27)26(23)21-13-7-8-14-22(21)28-2/h3-16H,1-2H3/b16-15-. The number of aryl methyl sites for hydroxylation is 1. The molecule has 28 heavy (non-hydrogen) atoms. The van der Waals surface area contributed by atoms with Crippen LogP contribution in [0.25, 0.3) is 28.7 Å². The second-order valence-electron chi connectivity index (χ2n) is 6.49. The van der Waals surface area contributed by atoms with E-state index in [0.717, 1.165) is 11.1 Å². The molecule has 0 atom stereocenters. The predicted molar refractivity (Wildman–Crippen MR) is 114 cm³/mol. The van der Waals surface area contributed by atoms with Crippen LogP contribution in [-0.2, 0) is 0 Å². The van der Waals surface area contributed by atoms with E-state index in [-0.39, 0.29) is 5.56 Å². The third-order valence-corrected chi connectivity index (χ3v) is 4.73. The first-order valence-electron chi connectivity index (χ1n) is 9.08. The minimum Gasteiger partial charge on any atom is -0.495 e. The number of benzene rings is 3. The molecule has 0 spiro atoms. The van der Waals surface area contributed by atoms with E-state index in [1.54, 1.807) is 17.7 Å². The van der Waals surface area contributed by atoms with E-state index in [4.69, 9.17) is 9.72 Å². The Hall–Kier alpha value is -3.66. The fraction of sp³-hybridized carbons (Fsp3) is 0.0833. The van der Waals surface area contributed by atoms with Crippen molar-refractivity contribution in [1.82, 2.24) is 9.55 Å². The zero-order valence-corrected chi connectivity index (χ0v) is 15.8. The Morgan fingerprint density at radius 3 is 2.43 bits per heavy atom. The Labute approximate surface area is 163 Å². The molecule has 4 nitrogen and oxygen atoms in total. The predicted octanol–water partition coefficient (Wildman–Crippen LogP) is 4.87. The summed E-state index contributed by atoms with van der Waals surface area (Å²) in [4.78, 5) is 18.1. The van der Waals surface area contributed by atoms with Gasteiger partial charge in [-0.25, -0.2) is 4.98 Å². The average molecular weight is 368 g/mol. The number of nitrogens with zero attached hydrogens (tertiary/aromatic N) is 2. The van der Waals surface area contributed by atoms with Crippen molar-refractivity contribution in [3.63, 3.8) is 0 Å². The Bertz CT molecular complexity index is 1240. The summed E-state index contributed by atoms with van der Waals surface area (Å²) in [6.45, 7) is 2.06. The van der Waals surface area contributed by atoms with Crippen LogP contribution in [-0.4, -0.2) is 16.7 Å². The van der Waals surface area contributed by atoms with Gasteiger partial charge in [0.15, 0.2) is 0 Å². The average Bonchev–Trinajstić information content (AvgIpc) is 2.73. The normalized spacial score (nSPS) is 11.2. The van der Waals surface area contributed by atoms with E-state index in [9.17, 15) is 4.79 Å². The molecule has 1 aromatic heterocycles. The van der Waals surface area contributed by atoms with Crippen LogP contribution < -0.4 is 10.3 Å². The first kappa shape index (κ1) is 17.7. The van der Waals surface area contributed by atoms with Crippen LogP contribution in [0.5, 0.6) is 5.75 Å². The highest BCUT2D eigenvalue weighted by Crippen LogP contribution is 2.24. The highest BCUT2D eigenvalue weighted by molar-refractivity contribution is 5.80. The summed E-state index contributed by atoms with van der Waals surface area (Å²) < 4.78 is 7.10. The quantitative estimate of drug-likeness (QED) is 0.516. The van der Waals surface area contributed by atoms with Gasteiger partial charge in [-0.2, -0.15) is 0 Å². The minimum absolute atomic E-state index is 0.125. The lowest BCUT2D eigenvalue weighted by molar-refractivity contribution is 0.412. The largest absolute Gasteiger partial charge is 0.495 e. The van der Waals surface area contributed by atoms with Gasteiger partial charge in [0.05, 0.1) is 23.7 Å². The fourth-order valence-electron chi connectivity index (χ4n) is 3.25. The smallest absolute Gasteiger partial charge is 0.266 e. The topological polar surface area (TPSA) is 44.1 Å². The molecule has 0 radical (unpaired) electrons. The summed E-state index contributed by atoms with van der Waals surface area (Å²) in [6, 6.07) is 22.9. The molecule has 0 N–H and O–H groups in total. The molecule has 3 aromatic carbocycles. The second kappa shape index (κ2) is 7.53. The number of aromatic nitrogens is 2. The van der Waals surface area contributed by atoms with Crippen molar-refractivity contribution < 1.29 is 4.74 Å². The molecule has 4 rings (SSSR count). The van der Waals surface area contributed by atoms with Gasteiger partial charge in [-0.05, 0) is 48.4 Å². The van der Waals surface area contributed by atoms with Gasteiger partial charge in [-0.1, -0.05) is 54.6 Å². The highest BCUT2D eigenvalue weighted by Gasteiger charge is 2.14. The number of hydrogen-bond acceptors (Lipinski definition) is 3. The van der Waals surface area contributed by atoms with E-state index >= 15 is 0 Å². The van der Waals surface area contributed by atoms with Crippen LogP contribution in [0.1, 0.15) is 17.0 Å². The van der Waals surface area contributed by atoms with E-state index in [2.05, 4.69) is 13.0 Å². The lowest BCUT2D eigenvalue weighted by Crippen LogP contribution is -2.22. The maximum absolute atomic E-state index is 13.3. The molecule has 0 fully saturated rings. The van der Waals surface area contributed by atoms with Crippen molar-refractivity contribution in [2.75, 3.05) is 7.11 Å². The lowest BCUT2D eigenvalue weighted by Gasteiger charge is -2.14. The summed E-state index contributed by atoms with van der Waals surface area (Å²) in [7, 11) is 1.60. The van der Waals surface area contributed by atoms with Crippen molar-refractivity contribution in [3.05, 3.63) is 100 Å². The van der Waals surface area contributed by atoms with E-state index in [1.807, 2.05) is 72.8 Å². The molecule has 0 bridgehead atoms. The van der Waals surface area contributed by atoms with Gasteiger partial charge < -0.3 is 4.74 Å². The van der Waals surface area contributed by atoms with Gasteiger partial charge in [0.1, 0.15) is 11.6 Å². The van der Waals surface area contributed by atoms with Crippen molar-refractivity contribution in [1.29, 1.82) is 0 Å². The van der Waals surface area contributed by atoms with E-state index < -0.39 is 0 Å². The number of ether oxygens (including phenoxy) is 1. The molecule has 1 heterocycles. The molecule has 0 aliphatic heterocycles. The lowest BCUT2D eigenvalue weighted by atomic mass is 10.1. The maximum atomic E-state index is 13.3. The van der Waals surface area contributed by atoms with Gasteiger partial charge in [-0.3, -0.25) is 9.36 Å². The Morgan fingerprint density at radius 1 is 0.893 bits per heavy atom. The molecular formula is C24H20N2O2. The minimum atomic E-state index is -0.125. The van der Waals surface area contributed by atoms with Crippen LogP contribution in [0.4, 0.5) is 0 Å². The van der Waals surface area contributed by atoms with Crippen LogP contribution in [0.15, 0.2) is 77.6 Å². The molecule has 0 aliphatic carbocycles. The highest BCUT2D eigenvalue weighted by atomic mass is 16.5. The first-order chi connectivity index (χ1) is 13.7. The molecule has 0 saturated carbocycles. The van der Waals surface area contributed by atoms with Crippen molar-refractivity contribution in [2.24, 2.45) is 0 Å². The third-order valence-electron chi connectivity index (χ3n) is 4.73. The number of para-hydroxylation sites is 3. The molecule has 0 amide bonds. The number of fused-ring (bicyclic) bond motifs is 1. The summed E-state index contributed by atoms with van der Waals surface area (Å²) in [5.74, 6) is 1.17. The van der Waals surface area contributed by atoms with Gasteiger partial charge in [0.2, 0.25) is 0 Å². The first-order valence-corrected chi connectivity index (χ1v) is 9.08. The molecule has 4 aromatic rings. The van der Waals surface area contributed by atoms with Gasteiger partial charge in [0.25, 0.3) is 5.56 Å². The number of rotatable bonds is 4. The van der Waals surface area contributed by atoms with Crippen LogP contribution in [0.3, 0.4) is 0 Å². The number of methoxy groups -OCH3 is 1. The maximum Gasteiger partial charge on any atom is 0.266 e.